The fourth-order valence-corrected chi connectivity index (χ4v) is 2.83. The summed E-state index contributed by atoms with van der Waals surface area (Å²) in [6.45, 7) is 3.64. The molecule has 0 unspecified atom stereocenters. The number of fused-ring (bicyclic) bond motifs is 1. The number of halogens is 4. The first-order valence-electron chi connectivity index (χ1n) is 8.47. The molecule has 29 heavy (non-hydrogen) atoms. The lowest BCUT2D eigenvalue weighted by Gasteiger charge is -2.13. The van der Waals surface area contributed by atoms with Crippen LogP contribution in [0.2, 0.25) is 5.02 Å². The van der Waals surface area contributed by atoms with Crippen LogP contribution >= 0.6 is 11.6 Å². The molecule has 0 aliphatic heterocycles. The van der Waals surface area contributed by atoms with Gasteiger partial charge in [0, 0.05) is 17.5 Å². The molecule has 152 valence electrons. The van der Waals surface area contributed by atoms with Crippen molar-refractivity contribution >= 4 is 34.2 Å². The van der Waals surface area contributed by atoms with E-state index in [4.69, 9.17) is 20.8 Å². The van der Waals surface area contributed by atoms with Crippen LogP contribution in [0.15, 0.2) is 51.7 Å². The van der Waals surface area contributed by atoms with Gasteiger partial charge in [0.15, 0.2) is 0 Å². The Kier molecular flexibility index (Phi) is 5.57. The minimum absolute atomic E-state index is 0.0687. The van der Waals surface area contributed by atoms with Gasteiger partial charge in [-0.3, -0.25) is 4.79 Å². The summed E-state index contributed by atoms with van der Waals surface area (Å²) in [5, 5.41) is 2.54. The molecular formula is C20H15ClF3NO4. The molecule has 0 atom stereocenters. The number of rotatable bonds is 4. The van der Waals surface area contributed by atoms with E-state index in [0.29, 0.717) is 11.1 Å². The maximum Gasteiger partial charge on any atom is 0.416 e. The highest BCUT2D eigenvalue weighted by molar-refractivity contribution is 6.34. The van der Waals surface area contributed by atoms with Crippen molar-refractivity contribution in [1.82, 2.24) is 0 Å². The van der Waals surface area contributed by atoms with Gasteiger partial charge in [0.2, 0.25) is 0 Å². The second-order valence-corrected chi connectivity index (χ2v) is 6.86. The van der Waals surface area contributed by atoms with Gasteiger partial charge in [-0.15, -0.1) is 0 Å². The van der Waals surface area contributed by atoms with E-state index in [2.05, 4.69) is 5.32 Å². The topological polar surface area (TPSA) is 68.5 Å². The van der Waals surface area contributed by atoms with Gasteiger partial charge in [0.1, 0.15) is 11.3 Å². The van der Waals surface area contributed by atoms with Gasteiger partial charge >= 0.3 is 11.8 Å². The van der Waals surface area contributed by atoms with E-state index in [1.807, 2.05) is 13.8 Å². The number of amides is 1. The second-order valence-electron chi connectivity index (χ2n) is 6.45. The highest BCUT2D eigenvalue weighted by Crippen LogP contribution is 2.34. The maximum absolute atomic E-state index is 12.9. The summed E-state index contributed by atoms with van der Waals surface area (Å²) >= 11 is 5.92. The van der Waals surface area contributed by atoms with Crippen molar-refractivity contribution in [2.24, 2.45) is 0 Å². The van der Waals surface area contributed by atoms with Gasteiger partial charge in [-0.25, -0.2) is 4.79 Å². The Labute approximate surface area is 168 Å². The van der Waals surface area contributed by atoms with Crippen LogP contribution in [-0.2, 0) is 6.18 Å². The van der Waals surface area contributed by atoms with Gasteiger partial charge in [-0.05, 0) is 44.2 Å². The number of ether oxygens (including phenoxy) is 1. The summed E-state index contributed by atoms with van der Waals surface area (Å²) in [7, 11) is 0. The molecule has 0 saturated carbocycles. The standard InChI is InChI=1S/C20H15ClF3NO4/c1-10(2)28-12-4-5-13-14(9-18(26)29-17(13)8-12)19(27)25-16-7-11(20(22,23)24)3-6-15(16)21/h3-10H,1-2H3,(H,25,27). The van der Waals surface area contributed by atoms with E-state index < -0.39 is 23.3 Å². The maximum atomic E-state index is 12.9. The number of carbonyl (C=O) groups is 1. The molecule has 1 amide bonds. The van der Waals surface area contributed by atoms with Crippen LogP contribution in [-0.4, -0.2) is 12.0 Å². The molecule has 1 aromatic heterocycles. The van der Waals surface area contributed by atoms with E-state index in [0.717, 1.165) is 24.3 Å². The van der Waals surface area contributed by atoms with Crippen LogP contribution in [0.3, 0.4) is 0 Å². The molecular weight excluding hydrogens is 411 g/mol. The molecule has 0 saturated heterocycles. The fourth-order valence-electron chi connectivity index (χ4n) is 2.66. The molecule has 0 aliphatic rings. The van der Waals surface area contributed by atoms with E-state index in [1.54, 1.807) is 6.07 Å². The van der Waals surface area contributed by atoms with E-state index in [-0.39, 0.29) is 28.0 Å². The van der Waals surface area contributed by atoms with E-state index in [9.17, 15) is 22.8 Å². The van der Waals surface area contributed by atoms with Gasteiger partial charge in [0.05, 0.1) is 27.9 Å². The molecule has 1 heterocycles. The first-order valence-corrected chi connectivity index (χ1v) is 8.85. The third-order valence-corrected chi connectivity index (χ3v) is 4.20. The molecule has 2 aromatic carbocycles. The fraction of sp³-hybridized carbons (Fsp3) is 0.200. The molecule has 9 heteroatoms. The van der Waals surface area contributed by atoms with Crippen LogP contribution in [0.5, 0.6) is 5.75 Å². The number of hydrogen-bond donors (Lipinski definition) is 1. The Hall–Kier alpha value is -3.00. The lowest BCUT2D eigenvalue weighted by molar-refractivity contribution is -0.137. The first kappa shape index (κ1) is 20.7. The number of nitrogens with one attached hydrogen (secondary N) is 1. The zero-order valence-electron chi connectivity index (χ0n) is 15.3. The summed E-state index contributed by atoms with van der Waals surface area (Å²) in [4.78, 5) is 24.6. The van der Waals surface area contributed by atoms with Crippen molar-refractivity contribution in [3.8, 4) is 5.75 Å². The Morgan fingerprint density at radius 1 is 1.14 bits per heavy atom. The SMILES string of the molecule is CC(C)Oc1ccc2c(C(=O)Nc3cc(C(F)(F)F)ccc3Cl)cc(=O)oc2c1. The third-order valence-electron chi connectivity index (χ3n) is 3.87. The molecule has 3 aromatic rings. The number of carbonyl (C=O) groups excluding carboxylic acids is 1. The van der Waals surface area contributed by atoms with Crippen LogP contribution in [0.1, 0.15) is 29.8 Å². The predicted octanol–water partition coefficient (Wildman–Crippen LogP) is 5.50. The predicted molar refractivity (Wildman–Crippen MR) is 103 cm³/mol. The van der Waals surface area contributed by atoms with Crippen molar-refractivity contribution in [3.05, 3.63) is 69.0 Å². The van der Waals surface area contributed by atoms with Gasteiger partial charge in [-0.1, -0.05) is 11.6 Å². The summed E-state index contributed by atoms with van der Waals surface area (Å²) in [5.74, 6) is -0.365. The molecule has 0 aliphatic carbocycles. The number of benzene rings is 2. The largest absolute Gasteiger partial charge is 0.491 e. The highest BCUT2D eigenvalue weighted by atomic mass is 35.5. The summed E-state index contributed by atoms with van der Waals surface area (Å²) < 4.78 is 49.4. The molecule has 1 N–H and O–H groups in total. The Morgan fingerprint density at radius 3 is 2.52 bits per heavy atom. The molecule has 3 rings (SSSR count). The number of alkyl halides is 3. The number of anilines is 1. The minimum Gasteiger partial charge on any atom is -0.491 e. The van der Waals surface area contributed by atoms with Gasteiger partial charge in [0.25, 0.3) is 5.91 Å². The van der Waals surface area contributed by atoms with E-state index in [1.165, 1.54) is 12.1 Å². The van der Waals surface area contributed by atoms with Crippen molar-refractivity contribution in [1.29, 1.82) is 0 Å². The van der Waals surface area contributed by atoms with Gasteiger partial charge in [-0.2, -0.15) is 13.2 Å². The van der Waals surface area contributed by atoms with Crippen LogP contribution in [0.4, 0.5) is 18.9 Å². The molecule has 0 bridgehead atoms. The van der Waals surface area contributed by atoms with E-state index >= 15 is 0 Å². The lowest BCUT2D eigenvalue weighted by Crippen LogP contribution is -2.16. The average molecular weight is 426 g/mol. The smallest absolute Gasteiger partial charge is 0.416 e. The summed E-state index contributed by atoms with van der Waals surface area (Å²) in [5.41, 5.74) is -1.95. The normalized spacial score (nSPS) is 11.7. The van der Waals surface area contributed by atoms with Crippen molar-refractivity contribution < 1.29 is 27.1 Å². The summed E-state index contributed by atoms with van der Waals surface area (Å²) in [6.07, 6.45) is -4.72. The van der Waals surface area contributed by atoms with Crippen molar-refractivity contribution in [3.63, 3.8) is 0 Å². The quantitative estimate of drug-likeness (QED) is 0.560. The Balaban J connectivity index is 2.00. The second kappa shape index (κ2) is 7.79. The van der Waals surface area contributed by atoms with Gasteiger partial charge < -0.3 is 14.5 Å². The zero-order chi connectivity index (χ0) is 21.3. The van der Waals surface area contributed by atoms with Crippen LogP contribution in [0.25, 0.3) is 11.0 Å². The molecule has 5 nitrogen and oxygen atoms in total. The zero-order valence-corrected chi connectivity index (χ0v) is 16.0. The van der Waals surface area contributed by atoms with Crippen molar-refractivity contribution in [2.45, 2.75) is 26.1 Å². The minimum atomic E-state index is -4.60. The highest BCUT2D eigenvalue weighted by Gasteiger charge is 2.31. The van der Waals surface area contributed by atoms with Crippen LogP contribution < -0.4 is 15.7 Å². The lowest BCUT2D eigenvalue weighted by atomic mass is 10.1. The monoisotopic (exact) mass is 425 g/mol. The molecule has 0 radical (unpaired) electrons. The summed E-state index contributed by atoms with van der Waals surface area (Å²) in [6, 6.07) is 8.11. The first-order chi connectivity index (χ1) is 13.5. The van der Waals surface area contributed by atoms with Crippen LogP contribution in [0, 0.1) is 0 Å². The average Bonchev–Trinajstić information content (AvgIpc) is 2.61. The number of hydrogen-bond acceptors (Lipinski definition) is 4. The molecule has 0 spiro atoms. The van der Waals surface area contributed by atoms with Crippen molar-refractivity contribution in [2.75, 3.05) is 5.32 Å². The molecule has 0 fully saturated rings. The third kappa shape index (κ3) is 4.71. The Bertz CT molecular complexity index is 1140. The Morgan fingerprint density at radius 2 is 1.86 bits per heavy atom.